The minimum absolute atomic E-state index is 0.408. The van der Waals surface area contributed by atoms with Crippen LogP contribution in [0.5, 0.6) is 0 Å². The lowest BCUT2D eigenvalue weighted by molar-refractivity contribution is 0.414. The molecule has 1 atom stereocenters. The third-order valence-electron chi connectivity index (χ3n) is 2.62. The maximum absolute atomic E-state index is 5.95. The molecule has 0 amide bonds. The Morgan fingerprint density at radius 2 is 2.30 bits per heavy atom. The largest absolute Gasteiger partial charge is 0.327 e. The normalized spacial score (nSPS) is 23.8. The van der Waals surface area contributed by atoms with E-state index in [-0.39, 0.29) is 0 Å². The Bertz CT molecular complexity index is 125. The van der Waals surface area contributed by atoms with Crippen LogP contribution in [-0.4, -0.2) is 6.04 Å². The molecule has 1 aliphatic rings. The van der Waals surface area contributed by atoms with E-state index in [4.69, 9.17) is 5.73 Å². The van der Waals surface area contributed by atoms with Crippen LogP contribution in [0.4, 0.5) is 0 Å². The Kier molecular flexibility index (Phi) is 2.14. The van der Waals surface area contributed by atoms with E-state index in [9.17, 15) is 0 Å². The van der Waals surface area contributed by atoms with Crippen molar-refractivity contribution in [2.24, 2.45) is 11.1 Å². The van der Waals surface area contributed by atoms with Crippen LogP contribution in [0, 0.1) is 5.41 Å². The van der Waals surface area contributed by atoms with E-state index >= 15 is 0 Å². The predicted molar refractivity (Wildman–Crippen MR) is 44.7 cm³/mol. The van der Waals surface area contributed by atoms with Gasteiger partial charge in [0.1, 0.15) is 0 Å². The molecule has 0 aliphatic heterocycles. The molecule has 0 spiro atoms. The second kappa shape index (κ2) is 2.75. The topological polar surface area (TPSA) is 26.0 Å². The Morgan fingerprint density at radius 1 is 1.70 bits per heavy atom. The van der Waals surface area contributed by atoms with Crippen molar-refractivity contribution in [2.75, 3.05) is 0 Å². The molecule has 0 aromatic rings. The van der Waals surface area contributed by atoms with Crippen LogP contribution in [0.1, 0.15) is 32.6 Å². The standard InChI is InChI=1S/C9H17N/c1-3-4-5-8(10)9(2)6-7-9/h3,8H,1,4-7,10H2,2H3. The van der Waals surface area contributed by atoms with Gasteiger partial charge in [-0.3, -0.25) is 0 Å². The van der Waals surface area contributed by atoms with Crippen molar-refractivity contribution in [1.29, 1.82) is 0 Å². The van der Waals surface area contributed by atoms with Crippen LogP contribution in [0.15, 0.2) is 12.7 Å². The van der Waals surface area contributed by atoms with Gasteiger partial charge < -0.3 is 5.73 Å². The lowest BCUT2D eigenvalue weighted by atomic mass is 9.96. The average Bonchev–Trinajstić information content (AvgIpc) is 2.64. The van der Waals surface area contributed by atoms with E-state index < -0.39 is 0 Å². The Morgan fingerprint density at radius 3 is 2.70 bits per heavy atom. The van der Waals surface area contributed by atoms with Gasteiger partial charge in [-0.2, -0.15) is 0 Å². The smallest absolute Gasteiger partial charge is 0.00958 e. The van der Waals surface area contributed by atoms with E-state index in [1.54, 1.807) is 0 Å². The molecule has 1 unspecified atom stereocenters. The summed E-state index contributed by atoms with van der Waals surface area (Å²) in [6.45, 7) is 5.96. The van der Waals surface area contributed by atoms with Gasteiger partial charge in [-0.15, -0.1) is 6.58 Å². The third-order valence-corrected chi connectivity index (χ3v) is 2.62. The highest BCUT2D eigenvalue weighted by Crippen LogP contribution is 2.48. The van der Waals surface area contributed by atoms with Crippen LogP contribution in [0.25, 0.3) is 0 Å². The van der Waals surface area contributed by atoms with Crippen LogP contribution in [0.3, 0.4) is 0 Å². The summed E-state index contributed by atoms with van der Waals surface area (Å²) in [5.74, 6) is 0. The zero-order chi connectivity index (χ0) is 7.61. The molecule has 1 fully saturated rings. The zero-order valence-electron chi connectivity index (χ0n) is 6.77. The van der Waals surface area contributed by atoms with Gasteiger partial charge in [0.05, 0.1) is 0 Å². The molecule has 0 heterocycles. The number of nitrogens with two attached hydrogens (primary N) is 1. The maximum atomic E-state index is 5.95. The highest BCUT2D eigenvalue weighted by Gasteiger charge is 2.42. The molecule has 0 aromatic carbocycles. The number of allylic oxidation sites excluding steroid dienone is 1. The molecule has 1 aliphatic carbocycles. The molecular weight excluding hydrogens is 122 g/mol. The van der Waals surface area contributed by atoms with E-state index in [2.05, 4.69) is 13.5 Å². The summed E-state index contributed by atoms with van der Waals surface area (Å²) in [4.78, 5) is 0. The van der Waals surface area contributed by atoms with Gasteiger partial charge in [-0.25, -0.2) is 0 Å². The lowest BCUT2D eigenvalue weighted by Gasteiger charge is -2.17. The first-order valence-corrected chi connectivity index (χ1v) is 4.05. The maximum Gasteiger partial charge on any atom is 0.00958 e. The van der Waals surface area contributed by atoms with Gasteiger partial charge >= 0.3 is 0 Å². The number of rotatable bonds is 4. The summed E-state index contributed by atoms with van der Waals surface area (Å²) in [6.07, 6.45) is 6.78. The molecule has 0 saturated heterocycles. The molecular formula is C9H17N. The quantitative estimate of drug-likeness (QED) is 0.593. The van der Waals surface area contributed by atoms with Gasteiger partial charge in [0, 0.05) is 6.04 Å². The second-order valence-electron chi connectivity index (χ2n) is 3.63. The fourth-order valence-corrected chi connectivity index (χ4v) is 1.21. The van der Waals surface area contributed by atoms with Gasteiger partial charge in [-0.05, 0) is 31.1 Å². The predicted octanol–water partition coefficient (Wildman–Crippen LogP) is 2.08. The minimum Gasteiger partial charge on any atom is -0.327 e. The van der Waals surface area contributed by atoms with Gasteiger partial charge in [-0.1, -0.05) is 13.0 Å². The van der Waals surface area contributed by atoms with Gasteiger partial charge in [0.25, 0.3) is 0 Å². The first kappa shape index (κ1) is 7.80. The average molecular weight is 139 g/mol. The summed E-state index contributed by atoms with van der Waals surface area (Å²) in [6, 6.07) is 0.408. The zero-order valence-corrected chi connectivity index (χ0v) is 6.77. The fraction of sp³-hybridized carbons (Fsp3) is 0.778. The van der Waals surface area contributed by atoms with E-state index in [1.165, 1.54) is 12.8 Å². The summed E-state index contributed by atoms with van der Waals surface area (Å²) in [5.41, 5.74) is 6.44. The van der Waals surface area contributed by atoms with Gasteiger partial charge in [0.15, 0.2) is 0 Å². The van der Waals surface area contributed by atoms with Crippen molar-refractivity contribution in [3.05, 3.63) is 12.7 Å². The molecule has 2 N–H and O–H groups in total. The lowest BCUT2D eigenvalue weighted by Crippen LogP contribution is -2.29. The van der Waals surface area contributed by atoms with Crippen molar-refractivity contribution in [3.8, 4) is 0 Å². The van der Waals surface area contributed by atoms with Crippen LogP contribution < -0.4 is 5.73 Å². The summed E-state index contributed by atoms with van der Waals surface area (Å²) in [5, 5.41) is 0. The highest BCUT2D eigenvalue weighted by molar-refractivity contribution is 4.97. The van der Waals surface area contributed by atoms with Crippen molar-refractivity contribution >= 4 is 0 Å². The summed E-state index contributed by atoms with van der Waals surface area (Å²) < 4.78 is 0. The first-order chi connectivity index (χ1) is 4.69. The van der Waals surface area contributed by atoms with E-state index in [0.29, 0.717) is 11.5 Å². The van der Waals surface area contributed by atoms with Gasteiger partial charge in [0.2, 0.25) is 0 Å². The monoisotopic (exact) mass is 139 g/mol. The molecule has 0 aromatic heterocycles. The molecule has 1 saturated carbocycles. The SMILES string of the molecule is C=CCCC(N)C1(C)CC1. The van der Waals surface area contributed by atoms with Crippen molar-refractivity contribution in [2.45, 2.75) is 38.6 Å². The third kappa shape index (κ3) is 1.60. The van der Waals surface area contributed by atoms with Crippen LogP contribution >= 0.6 is 0 Å². The Balaban J connectivity index is 2.21. The van der Waals surface area contributed by atoms with Crippen LogP contribution in [0.2, 0.25) is 0 Å². The molecule has 1 rings (SSSR count). The van der Waals surface area contributed by atoms with Crippen molar-refractivity contribution < 1.29 is 0 Å². The van der Waals surface area contributed by atoms with Crippen molar-refractivity contribution in [1.82, 2.24) is 0 Å². The molecule has 1 heteroatoms. The van der Waals surface area contributed by atoms with E-state index in [1.807, 2.05) is 6.08 Å². The molecule has 58 valence electrons. The molecule has 1 nitrogen and oxygen atoms in total. The number of hydrogen-bond donors (Lipinski definition) is 1. The molecule has 0 radical (unpaired) electrons. The Hall–Kier alpha value is -0.300. The summed E-state index contributed by atoms with van der Waals surface area (Å²) in [7, 11) is 0. The van der Waals surface area contributed by atoms with E-state index in [0.717, 1.165) is 12.8 Å². The first-order valence-electron chi connectivity index (χ1n) is 4.05. The molecule has 0 bridgehead atoms. The van der Waals surface area contributed by atoms with Crippen LogP contribution in [-0.2, 0) is 0 Å². The fourth-order valence-electron chi connectivity index (χ4n) is 1.21. The second-order valence-corrected chi connectivity index (χ2v) is 3.63. The minimum atomic E-state index is 0.408. The number of hydrogen-bond acceptors (Lipinski definition) is 1. The summed E-state index contributed by atoms with van der Waals surface area (Å²) >= 11 is 0. The molecule has 10 heavy (non-hydrogen) atoms. The highest BCUT2D eigenvalue weighted by atomic mass is 14.7. The van der Waals surface area contributed by atoms with Crippen molar-refractivity contribution in [3.63, 3.8) is 0 Å². The Labute approximate surface area is 63.3 Å².